The number of carboxylic acid groups (broad SMARTS) is 1. The highest BCUT2D eigenvalue weighted by Gasteiger charge is 2.22. The number of rotatable bonds is 109. The molecule has 4 atom stereocenters. The molecule has 0 aromatic heterocycles. The third-order valence-corrected chi connectivity index (χ3v) is 28.3. The Labute approximate surface area is 873 Å². The standard InChI is InChI=1S/C61H118N2O7.C43H86N2O6.C18H34O2/c1-7-13-17-21-23-24-25-26-27-28-29-30-31-36-42-48-59(64)67-54-52-63(51-50-62(11-5)12-6)53-55-68-61(66)70-58(46-40-20-16-10-4)47-41-35-32-33-37-43-49-60(65)69-56-57(44-38-19-15-9-3)45-39-34-22-18-14-8-2;1-6-11-14-17-20-24-29-40(28-23-15-12-7-2)39-50-42(47)32-27-22-19-18-21-26-31-41(30-25-16-13-8-3)51-43(48)49-38-36-45(35-37-46)34-33-44(9-4)10-5;1-2-3-4-5-6-7-8-9-10-11-12-13-14-15-16-17-18(19)20/h26-27,57-58H,7-25,28-56H2,1-6H3;40-41,46H,6-39H2,1-5H3;9-10H,2-8,11-17H2,1H3,(H,19,20)/b27-26-;;10-9-. The molecule has 19 heteroatoms. The van der Waals surface area contributed by atoms with Crippen LogP contribution in [-0.2, 0) is 52.3 Å². The van der Waals surface area contributed by atoms with Crippen molar-refractivity contribution in [1.29, 1.82) is 0 Å². The summed E-state index contributed by atoms with van der Waals surface area (Å²) in [5, 5.41) is 18.0. The van der Waals surface area contributed by atoms with E-state index in [1.807, 2.05) is 0 Å². The van der Waals surface area contributed by atoms with Crippen molar-refractivity contribution in [3.05, 3.63) is 24.3 Å². The lowest BCUT2D eigenvalue weighted by Gasteiger charge is -2.26. The lowest BCUT2D eigenvalue weighted by Crippen LogP contribution is -2.39. The molecule has 19 nitrogen and oxygen atoms in total. The van der Waals surface area contributed by atoms with Gasteiger partial charge in [-0.05, 0) is 192 Å². The van der Waals surface area contributed by atoms with Crippen molar-refractivity contribution in [2.24, 2.45) is 11.8 Å². The van der Waals surface area contributed by atoms with Gasteiger partial charge in [0.2, 0.25) is 0 Å². The number of aliphatic hydroxyl groups is 1. The molecular weight excluding hydrogens is 1760 g/mol. The summed E-state index contributed by atoms with van der Waals surface area (Å²) in [5.74, 6) is 0.207. The fourth-order valence-electron chi connectivity index (χ4n) is 18.5. The lowest BCUT2D eigenvalue weighted by atomic mass is 9.95. The van der Waals surface area contributed by atoms with Gasteiger partial charge in [-0.25, -0.2) is 9.59 Å². The van der Waals surface area contributed by atoms with Crippen LogP contribution in [0, 0.1) is 11.8 Å². The van der Waals surface area contributed by atoms with Crippen LogP contribution in [0.5, 0.6) is 0 Å². The number of esters is 3. The van der Waals surface area contributed by atoms with Crippen molar-refractivity contribution in [2.75, 3.05) is 118 Å². The second kappa shape index (κ2) is 118. The summed E-state index contributed by atoms with van der Waals surface area (Å²) < 4.78 is 40.2. The number of likely N-dealkylation sites (N-methyl/N-ethyl adjacent to an activating group) is 2. The molecule has 4 unspecified atom stereocenters. The van der Waals surface area contributed by atoms with E-state index in [1.165, 1.54) is 315 Å². The van der Waals surface area contributed by atoms with E-state index < -0.39 is 18.3 Å². The van der Waals surface area contributed by atoms with Crippen LogP contribution in [0.2, 0.25) is 0 Å². The second-order valence-electron chi connectivity index (χ2n) is 41.3. The van der Waals surface area contributed by atoms with Crippen molar-refractivity contribution in [3.8, 4) is 0 Å². The summed E-state index contributed by atoms with van der Waals surface area (Å²) in [6.45, 7) is 38.6. The average molecular weight is 2000 g/mol. The maximum atomic E-state index is 13.0. The van der Waals surface area contributed by atoms with Gasteiger partial charge in [-0.3, -0.25) is 29.0 Å². The molecule has 2 N–H and O–H groups in total. The van der Waals surface area contributed by atoms with E-state index in [1.54, 1.807) is 0 Å². The zero-order valence-electron chi connectivity index (χ0n) is 95.5. The van der Waals surface area contributed by atoms with Gasteiger partial charge in [0.25, 0.3) is 0 Å². The minimum atomic E-state index is -0.664. The SMILES string of the molecule is CCCCCCCC/C=C\CCCCCCCC(=O)O.CCCCCCCC/C=C\CCCCCCCC(=O)OCCN(CCOC(=O)OC(CCCCCC)CCCCCCCCC(=O)OCC(CCCCCC)CCCCCCCC)CCN(CC)CC.CCCCCCCCC(CCCCCC)COC(=O)CCCCCCCCC(CCCCCC)OC(=O)OCCN(CCO)CCN(CC)CC. The Morgan fingerprint density at radius 2 is 0.440 bits per heavy atom. The molecule has 0 aliphatic rings. The van der Waals surface area contributed by atoms with Crippen LogP contribution in [0.1, 0.15) is 584 Å². The smallest absolute Gasteiger partial charge is 0.481 e. The highest BCUT2D eigenvalue weighted by Crippen LogP contribution is 2.26. The van der Waals surface area contributed by atoms with Crippen molar-refractivity contribution in [3.63, 3.8) is 0 Å². The molecule has 0 spiro atoms. The predicted octanol–water partition coefficient (Wildman–Crippen LogP) is 34.9. The molecule has 0 saturated heterocycles. The minimum Gasteiger partial charge on any atom is -0.481 e. The quantitative estimate of drug-likeness (QED) is 0.0250. The molecule has 0 heterocycles. The number of carbonyl (C=O) groups is 6. The van der Waals surface area contributed by atoms with Crippen LogP contribution in [0.15, 0.2) is 24.3 Å². The summed E-state index contributed by atoms with van der Waals surface area (Å²) in [7, 11) is 0. The fraction of sp³-hybridized carbons (Fsp3) is 0.918. The molecular formula is C122H238N4O15. The molecule has 0 aliphatic carbocycles. The summed E-state index contributed by atoms with van der Waals surface area (Å²) in [4.78, 5) is 82.7. The van der Waals surface area contributed by atoms with Gasteiger partial charge in [0.15, 0.2) is 0 Å². The number of unbranched alkanes of at least 4 members (excludes halogenated alkanes) is 54. The first-order chi connectivity index (χ1) is 69.0. The molecule has 0 amide bonds. The zero-order chi connectivity index (χ0) is 104. The van der Waals surface area contributed by atoms with Gasteiger partial charge >= 0.3 is 36.2 Å². The first kappa shape index (κ1) is 141. The number of ether oxygens (including phenoxy) is 7. The van der Waals surface area contributed by atoms with Crippen LogP contribution in [0.4, 0.5) is 9.59 Å². The number of carboxylic acids is 1. The van der Waals surface area contributed by atoms with E-state index in [-0.39, 0.29) is 49.9 Å². The van der Waals surface area contributed by atoms with E-state index in [0.29, 0.717) is 83.5 Å². The minimum absolute atomic E-state index is 0.0211. The molecule has 836 valence electrons. The second-order valence-corrected chi connectivity index (χ2v) is 41.3. The normalized spacial score (nSPS) is 12.5. The van der Waals surface area contributed by atoms with Crippen molar-refractivity contribution < 1.29 is 72.1 Å². The Morgan fingerprint density at radius 3 is 0.702 bits per heavy atom. The molecule has 0 aromatic rings. The Bertz CT molecular complexity index is 2630. The maximum absolute atomic E-state index is 13.0. The zero-order valence-corrected chi connectivity index (χ0v) is 95.5. The van der Waals surface area contributed by atoms with Gasteiger partial charge in [-0.1, -0.05) is 428 Å². The van der Waals surface area contributed by atoms with Crippen LogP contribution >= 0.6 is 0 Å². The molecule has 0 aliphatic heterocycles. The lowest BCUT2D eigenvalue weighted by molar-refractivity contribution is -0.146. The van der Waals surface area contributed by atoms with E-state index in [4.69, 9.17) is 38.3 Å². The Kier molecular flexibility index (Phi) is 117. The summed E-state index contributed by atoms with van der Waals surface area (Å²) in [5.41, 5.74) is 0. The topological polar surface area (TPSA) is 220 Å². The number of hydrogen-bond donors (Lipinski definition) is 2. The molecule has 0 rings (SSSR count). The van der Waals surface area contributed by atoms with E-state index in [9.17, 15) is 33.9 Å². The molecule has 141 heavy (non-hydrogen) atoms. The van der Waals surface area contributed by atoms with Gasteiger partial charge in [-0.15, -0.1) is 0 Å². The van der Waals surface area contributed by atoms with Crippen molar-refractivity contribution in [2.45, 2.75) is 596 Å². The van der Waals surface area contributed by atoms with E-state index in [2.05, 4.69) is 127 Å². The van der Waals surface area contributed by atoms with Gasteiger partial charge in [0.05, 0.1) is 19.8 Å². The largest absolute Gasteiger partial charge is 0.508 e. The van der Waals surface area contributed by atoms with Gasteiger partial charge in [0.1, 0.15) is 32.0 Å². The highest BCUT2D eigenvalue weighted by atomic mass is 16.7. The number of hydrogen-bond acceptors (Lipinski definition) is 18. The van der Waals surface area contributed by atoms with Crippen LogP contribution in [-0.4, -0.2) is 196 Å². The average Bonchev–Trinajstić information content (AvgIpc) is 0.940. The van der Waals surface area contributed by atoms with Gasteiger partial charge < -0.3 is 53.2 Å². The summed E-state index contributed by atoms with van der Waals surface area (Å²) in [6, 6.07) is 0. The van der Waals surface area contributed by atoms with Crippen molar-refractivity contribution >= 4 is 36.2 Å². The summed E-state index contributed by atoms with van der Waals surface area (Å²) >= 11 is 0. The van der Waals surface area contributed by atoms with Gasteiger partial charge in [-0.2, -0.15) is 0 Å². The third kappa shape index (κ3) is 110. The highest BCUT2D eigenvalue weighted by molar-refractivity contribution is 5.70. The molecule has 0 bridgehead atoms. The predicted molar refractivity (Wildman–Crippen MR) is 599 cm³/mol. The van der Waals surface area contributed by atoms with Crippen LogP contribution in [0.3, 0.4) is 0 Å². The molecule has 0 aromatic carbocycles. The number of carbonyl (C=O) groups excluding carboxylic acids is 5. The summed E-state index contributed by atoms with van der Waals surface area (Å²) in [6.07, 6.45) is 98.2. The number of allylic oxidation sites excluding steroid dienone is 4. The fourth-order valence-corrected chi connectivity index (χ4v) is 18.5. The van der Waals surface area contributed by atoms with Crippen molar-refractivity contribution in [1.82, 2.24) is 19.6 Å². The van der Waals surface area contributed by atoms with E-state index >= 15 is 0 Å². The number of aliphatic hydroxyl groups excluding tert-OH is 1. The Balaban J connectivity index is -0.00000232. The Morgan fingerprint density at radius 1 is 0.227 bits per heavy atom. The van der Waals surface area contributed by atoms with Crippen LogP contribution < -0.4 is 0 Å². The van der Waals surface area contributed by atoms with E-state index in [0.717, 1.165) is 213 Å². The molecule has 0 saturated carbocycles. The first-order valence-corrected chi connectivity index (χ1v) is 61.2. The van der Waals surface area contributed by atoms with Crippen LogP contribution in [0.25, 0.3) is 0 Å². The third-order valence-electron chi connectivity index (χ3n) is 28.3. The first-order valence-electron chi connectivity index (χ1n) is 61.2. The number of nitrogens with zero attached hydrogens (tertiary/aromatic N) is 4. The van der Waals surface area contributed by atoms with Gasteiger partial charge in [0, 0.05) is 78.0 Å². The molecule has 0 radical (unpaired) electrons. The molecule has 0 fully saturated rings. The Hall–Kier alpha value is -4.30. The monoisotopic (exact) mass is 2000 g/mol. The number of aliphatic carboxylic acids is 1. The maximum Gasteiger partial charge on any atom is 0.508 e.